The molecule has 2 nitrogen and oxygen atoms in total. The highest BCUT2D eigenvalue weighted by atomic mass is 16.5. The highest BCUT2D eigenvalue weighted by Crippen LogP contribution is 2.11. The summed E-state index contributed by atoms with van der Waals surface area (Å²) in [4.78, 5) is 2.38. The molecule has 1 aliphatic rings. The maximum absolute atomic E-state index is 5.20. The largest absolute Gasteiger partial charge is 0.499 e. The second-order valence-corrected chi connectivity index (χ2v) is 5.89. The molecule has 0 spiro atoms. The number of ether oxygens (including phenoxy) is 1. The summed E-state index contributed by atoms with van der Waals surface area (Å²) in [7, 11) is 2.18. The third-order valence-electron chi connectivity index (χ3n) is 2.98. The second-order valence-electron chi connectivity index (χ2n) is 5.89. The van der Waals surface area contributed by atoms with Gasteiger partial charge in [-0.05, 0) is 45.7 Å². The van der Waals surface area contributed by atoms with E-state index < -0.39 is 0 Å². The Labute approximate surface area is 155 Å². The maximum Gasteiger partial charge on any atom is 0.0975 e. The Morgan fingerprint density at radius 1 is 1.17 bits per heavy atom. The zero-order valence-electron chi connectivity index (χ0n) is 18.5. The third kappa shape index (κ3) is 33.0. The molecule has 1 aliphatic heterocycles. The lowest BCUT2D eigenvalue weighted by Gasteiger charge is -2.11. The normalized spacial score (nSPS) is 16.3. The van der Waals surface area contributed by atoms with Crippen molar-refractivity contribution < 1.29 is 4.74 Å². The molecule has 0 aromatic heterocycles. The average Bonchev–Trinajstić information content (AvgIpc) is 2.94. The van der Waals surface area contributed by atoms with Crippen LogP contribution in [0.2, 0.25) is 0 Å². The Morgan fingerprint density at radius 2 is 1.62 bits per heavy atom. The van der Waals surface area contributed by atoms with Gasteiger partial charge in [0.15, 0.2) is 0 Å². The van der Waals surface area contributed by atoms with Crippen LogP contribution in [0.4, 0.5) is 0 Å². The fourth-order valence-corrected chi connectivity index (χ4v) is 1.98. The van der Waals surface area contributed by atoms with E-state index >= 15 is 0 Å². The van der Waals surface area contributed by atoms with Gasteiger partial charge in [-0.3, -0.25) is 0 Å². The second kappa shape index (κ2) is 30.2. The van der Waals surface area contributed by atoms with Crippen LogP contribution in [0.3, 0.4) is 0 Å². The predicted molar refractivity (Wildman–Crippen MR) is 115 cm³/mol. The van der Waals surface area contributed by atoms with Crippen molar-refractivity contribution in [3.63, 3.8) is 0 Å². The summed E-state index contributed by atoms with van der Waals surface area (Å²) in [5.74, 6) is 0.949. The van der Waals surface area contributed by atoms with Crippen LogP contribution in [0, 0.1) is 5.92 Å². The smallest absolute Gasteiger partial charge is 0.0975 e. The Kier molecular flexibility index (Phi) is 39.0. The molecule has 1 heterocycles. The summed E-state index contributed by atoms with van der Waals surface area (Å²) >= 11 is 0. The van der Waals surface area contributed by atoms with E-state index in [1.807, 2.05) is 20.8 Å². The molecule has 0 amide bonds. The predicted octanol–water partition coefficient (Wildman–Crippen LogP) is 7.32. The minimum Gasteiger partial charge on any atom is -0.499 e. The molecular formula is C22H49NO. The zero-order chi connectivity index (χ0) is 19.8. The zero-order valence-corrected chi connectivity index (χ0v) is 18.5. The van der Waals surface area contributed by atoms with Gasteiger partial charge in [-0.1, -0.05) is 74.0 Å². The minimum absolute atomic E-state index is 0.396. The SMILES string of the molecule is C=CC.C=COC(CC)CCC.CC.CC1CCN(C)C1.CCC. The van der Waals surface area contributed by atoms with E-state index in [-0.39, 0.29) is 0 Å². The molecule has 0 radical (unpaired) electrons. The molecule has 0 aliphatic carbocycles. The van der Waals surface area contributed by atoms with Crippen LogP contribution in [0.15, 0.2) is 25.5 Å². The first-order chi connectivity index (χ1) is 11.5. The van der Waals surface area contributed by atoms with Gasteiger partial charge in [0.05, 0.1) is 12.4 Å². The molecule has 1 fully saturated rings. The molecule has 0 aromatic rings. The third-order valence-corrected chi connectivity index (χ3v) is 2.98. The lowest BCUT2D eigenvalue weighted by molar-refractivity contribution is 0.132. The summed E-state index contributed by atoms with van der Waals surface area (Å²) in [5, 5.41) is 0. The first kappa shape index (κ1) is 31.1. The molecule has 2 atom stereocenters. The Bertz CT molecular complexity index is 208. The lowest BCUT2D eigenvalue weighted by Crippen LogP contribution is -2.12. The average molecular weight is 344 g/mol. The molecule has 148 valence electrons. The van der Waals surface area contributed by atoms with Gasteiger partial charge >= 0.3 is 0 Å². The quantitative estimate of drug-likeness (QED) is 0.383. The van der Waals surface area contributed by atoms with Gasteiger partial charge in [-0.15, -0.1) is 6.58 Å². The lowest BCUT2D eigenvalue weighted by atomic mass is 10.2. The molecule has 2 unspecified atom stereocenters. The Hall–Kier alpha value is -0.760. The maximum atomic E-state index is 5.20. The van der Waals surface area contributed by atoms with Crippen molar-refractivity contribution in [1.29, 1.82) is 0 Å². The van der Waals surface area contributed by atoms with E-state index in [1.165, 1.54) is 38.6 Å². The molecule has 0 aromatic carbocycles. The summed E-state index contributed by atoms with van der Waals surface area (Å²) < 4.78 is 5.20. The van der Waals surface area contributed by atoms with Crippen molar-refractivity contribution in [2.75, 3.05) is 20.1 Å². The van der Waals surface area contributed by atoms with E-state index in [9.17, 15) is 0 Å². The first-order valence-electron chi connectivity index (χ1n) is 9.98. The van der Waals surface area contributed by atoms with E-state index in [0.717, 1.165) is 18.8 Å². The van der Waals surface area contributed by atoms with Crippen molar-refractivity contribution in [3.05, 3.63) is 25.5 Å². The van der Waals surface area contributed by atoms with Gasteiger partial charge in [0.2, 0.25) is 0 Å². The minimum atomic E-state index is 0.396. The van der Waals surface area contributed by atoms with Crippen molar-refractivity contribution in [3.8, 4) is 0 Å². The number of rotatable bonds is 5. The van der Waals surface area contributed by atoms with Crippen molar-refractivity contribution in [2.24, 2.45) is 5.92 Å². The van der Waals surface area contributed by atoms with Gasteiger partial charge in [0.25, 0.3) is 0 Å². The molecule has 0 bridgehead atoms. The van der Waals surface area contributed by atoms with Crippen LogP contribution >= 0.6 is 0 Å². The Morgan fingerprint density at radius 3 is 1.79 bits per heavy atom. The fourth-order valence-electron chi connectivity index (χ4n) is 1.98. The fraction of sp³-hybridized carbons (Fsp3) is 0.818. The number of nitrogens with zero attached hydrogens (tertiary/aromatic N) is 1. The van der Waals surface area contributed by atoms with Gasteiger partial charge < -0.3 is 9.64 Å². The number of hydrogen-bond donors (Lipinski definition) is 0. The summed E-state index contributed by atoms with van der Waals surface area (Å²) in [6.45, 7) is 26.2. The monoisotopic (exact) mass is 343 g/mol. The topological polar surface area (TPSA) is 12.5 Å². The van der Waals surface area contributed by atoms with Gasteiger partial charge in [0, 0.05) is 6.54 Å². The summed E-state index contributed by atoms with van der Waals surface area (Å²) in [6, 6.07) is 0. The number of hydrogen-bond acceptors (Lipinski definition) is 2. The van der Waals surface area contributed by atoms with Crippen LogP contribution in [0.1, 0.15) is 87.5 Å². The van der Waals surface area contributed by atoms with Crippen molar-refractivity contribution >= 4 is 0 Å². The van der Waals surface area contributed by atoms with Crippen molar-refractivity contribution in [1.82, 2.24) is 4.90 Å². The molecule has 1 saturated heterocycles. The highest BCUT2D eigenvalue weighted by Gasteiger charge is 2.13. The molecular weight excluding hydrogens is 294 g/mol. The highest BCUT2D eigenvalue weighted by molar-refractivity contribution is 4.67. The van der Waals surface area contributed by atoms with E-state index in [0.29, 0.717) is 6.10 Å². The van der Waals surface area contributed by atoms with Crippen LogP contribution in [-0.2, 0) is 4.74 Å². The standard InChI is InChI=1S/C8H16O.C6H13N.C3H8.C3H6.C2H6/c1-4-7-8(5-2)9-6-3;1-6-3-4-7(2)5-6;2*1-3-2;1-2/h6,8H,3-5,7H2,1-2H3;6H,3-5H2,1-2H3;3H2,1-2H3;3H,1H2,2H3;1-2H3. The summed E-state index contributed by atoms with van der Waals surface area (Å²) in [5.41, 5.74) is 0. The van der Waals surface area contributed by atoms with Crippen molar-refractivity contribution in [2.45, 2.75) is 93.6 Å². The Balaban J connectivity index is -0.000000118. The van der Waals surface area contributed by atoms with E-state index in [1.54, 1.807) is 6.08 Å². The number of likely N-dealkylation sites (tertiary alicyclic amines) is 1. The molecule has 24 heavy (non-hydrogen) atoms. The number of allylic oxidation sites excluding steroid dienone is 1. The molecule has 1 rings (SSSR count). The molecule has 2 heteroatoms. The van der Waals surface area contributed by atoms with Crippen LogP contribution in [0.25, 0.3) is 0 Å². The molecule has 0 N–H and O–H groups in total. The van der Waals surface area contributed by atoms with E-state index in [4.69, 9.17) is 4.74 Å². The van der Waals surface area contributed by atoms with Gasteiger partial charge in [-0.25, -0.2) is 0 Å². The van der Waals surface area contributed by atoms with E-state index in [2.05, 4.69) is 59.7 Å². The van der Waals surface area contributed by atoms with Gasteiger partial charge in [-0.2, -0.15) is 0 Å². The van der Waals surface area contributed by atoms with Crippen LogP contribution < -0.4 is 0 Å². The summed E-state index contributed by atoms with van der Waals surface area (Å²) in [6.07, 6.45) is 9.74. The van der Waals surface area contributed by atoms with Crippen LogP contribution in [0.5, 0.6) is 0 Å². The molecule has 0 saturated carbocycles. The van der Waals surface area contributed by atoms with Crippen LogP contribution in [-0.4, -0.2) is 31.1 Å². The van der Waals surface area contributed by atoms with Gasteiger partial charge in [0.1, 0.15) is 0 Å². The first-order valence-corrected chi connectivity index (χ1v) is 9.98.